The maximum atomic E-state index is 13.1. The Balaban J connectivity index is 1.81. The number of amides is 1. The van der Waals surface area contributed by atoms with E-state index in [1.807, 2.05) is 30.3 Å². The molecule has 0 radical (unpaired) electrons. The van der Waals surface area contributed by atoms with Crippen molar-refractivity contribution in [2.75, 3.05) is 21.3 Å². The van der Waals surface area contributed by atoms with Crippen LogP contribution in [0.4, 0.5) is 0 Å². The van der Waals surface area contributed by atoms with E-state index in [2.05, 4.69) is 5.32 Å². The third kappa shape index (κ3) is 3.69. The lowest BCUT2D eigenvalue weighted by atomic mass is 9.64. The molecule has 1 amide bonds. The van der Waals surface area contributed by atoms with Crippen molar-refractivity contribution in [1.82, 2.24) is 5.32 Å². The highest BCUT2D eigenvalue weighted by Crippen LogP contribution is 2.44. The molecule has 1 fully saturated rings. The summed E-state index contributed by atoms with van der Waals surface area (Å²) in [4.78, 5) is 13.1. The van der Waals surface area contributed by atoms with E-state index in [4.69, 9.17) is 25.8 Å². The lowest BCUT2D eigenvalue weighted by molar-refractivity contribution is -0.130. The van der Waals surface area contributed by atoms with Crippen LogP contribution in [-0.2, 0) is 16.8 Å². The molecular weight excluding hydrogens is 366 g/mol. The number of nitrogens with one attached hydrogen (secondary N) is 1. The second kappa shape index (κ2) is 8.09. The average molecular weight is 390 g/mol. The molecule has 0 atom stereocenters. The molecule has 1 N–H and O–H groups in total. The van der Waals surface area contributed by atoms with Gasteiger partial charge in [0, 0.05) is 23.2 Å². The maximum absolute atomic E-state index is 13.1. The summed E-state index contributed by atoms with van der Waals surface area (Å²) in [5.41, 5.74) is 1.29. The van der Waals surface area contributed by atoms with E-state index in [1.165, 1.54) is 0 Å². The fourth-order valence-corrected chi connectivity index (χ4v) is 3.73. The Bertz CT molecular complexity index is 833. The van der Waals surface area contributed by atoms with Crippen molar-refractivity contribution >= 4 is 17.5 Å². The number of ether oxygens (including phenoxy) is 3. The van der Waals surface area contributed by atoms with Gasteiger partial charge in [-0.05, 0) is 36.6 Å². The highest BCUT2D eigenvalue weighted by Gasteiger charge is 2.45. The molecule has 27 heavy (non-hydrogen) atoms. The van der Waals surface area contributed by atoms with Gasteiger partial charge in [-0.25, -0.2) is 0 Å². The van der Waals surface area contributed by atoms with Crippen molar-refractivity contribution in [1.29, 1.82) is 0 Å². The Morgan fingerprint density at radius 2 is 1.70 bits per heavy atom. The first-order valence-corrected chi connectivity index (χ1v) is 9.25. The van der Waals surface area contributed by atoms with Gasteiger partial charge in [0.2, 0.25) is 5.91 Å². The van der Waals surface area contributed by atoms with Gasteiger partial charge >= 0.3 is 0 Å². The Hall–Kier alpha value is -2.40. The molecule has 1 aliphatic carbocycles. The van der Waals surface area contributed by atoms with Crippen LogP contribution < -0.4 is 19.5 Å². The fraction of sp³-hybridized carbons (Fsp3) is 0.381. The minimum absolute atomic E-state index is 0.00727. The van der Waals surface area contributed by atoms with Gasteiger partial charge in [0.25, 0.3) is 0 Å². The van der Waals surface area contributed by atoms with Crippen LogP contribution in [-0.4, -0.2) is 27.2 Å². The number of carbonyl (C=O) groups excluding carboxylic acids is 1. The minimum Gasteiger partial charge on any atom is -0.496 e. The number of methoxy groups -OCH3 is 3. The molecule has 2 aromatic rings. The van der Waals surface area contributed by atoms with Crippen LogP contribution in [0.15, 0.2) is 36.4 Å². The van der Waals surface area contributed by atoms with Crippen LogP contribution >= 0.6 is 11.6 Å². The summed E-state index contributed by atoms with van der Waals surface area (Å²) in [7, 11) is 4.74. The summed E-state index contributed by atoms with van der Waals surface area (Å²) in [6, 6.07) is 11.2. The van der Waals surface area contributed by atoms with Crippen LogP contribution in [0.1, 0.15) is 30.4 Å². The molecule has 5 nitrogen and oxygen atoms in total. The number of carbonyl (C=O) groups is 1. The summed E-state index contributed by atoms with van der Waals surface area (Å²) >= 11 is 6.14. The van der Waals surface area contributed by atoms with E-state index >= 15 is 0 Å². The molecule has 144 valence electrons. The SMILES string of the molecule is COc1cc(OC)c(OC)cc1CNC(=O)C1(c2cccc(Cl)c2)CCC1. The average Bonchev–Trinajstić information content (AvgIpc) is 2.64. The number of hydrogen-bond acceptors (Lipinski definition) is 4. The zero-order chi connectivity index (χ0) is 19.4. The highest BCUT2D eigenvalue weighted by molar-refractivity contribution is 6.30. The number of benzene rings is 2. The van der Waals surface area contributed by atoms with Crippen molar-refractivity contribution in [3.8, 4) is 17.2 Å². The quantitative estimate of drug-likeness (QED) is 0.774. The monoisotopic (exact) mass is 389 g/mol. The number of hydrogen-bond donors (Lipinski definition) is 1. The van der Waals surface area contributed by atoms with Crippen LogP contribution in [0, 0.1) is 0 Å². The molecule has 1 aliphatic rings. The van der Waals surface area contributed by atoms with Crippen LogP contribution in [0.3, 0.4) is 0 Å². The Kier molecular flexibility index (Phi) is 5.80. The second-order valence-corrected chi connectivity index (χ2v) is 7.08. The molecule has 0 aromatic heterocycles. The topological polar surface area (TPSA) is 56.8 Å². The maximum Gasteiger partial charge on any atom is 0.230 e. The second-order valence-electron chi connectivity index (χ2n) is 6.65. The van der Waals surface area contributed by atoms with Gasteiger partial charge in [0.15, 0.2) is 11.5 Å². The van der Waals surface area contributed by atoms with E-state index < -0.39 is 5.41 Å². The molecule has 0 saturated heterocycles. The normalized spacial score (nSPS) is 14.8. The van der Waals surface area contributed by atoms with Gasteiger partial charge in [-0.2, -0.15) is 0 Å². The summed E-state index contributed by atoms with van der Waals surface area (Å²) in [6.07, 6.45) is 2.67. The Labute approximate surface area is 164 Å². The molecule has 0 bridgehead atoms. The summed E-state index contributed by atoms with van der Waals surface area (Å²) in [6.45, 7) is 0.338. The van der Waals surface area contributed by atoms with E-state index in [9.17, 15) is 4.79 Å². The first-order valence-electron chi connectivity index (χ1n) is 8.87. The number of rotatable bonds is 7. The van der Waals surface area contributed by atoms with E-state index in [0.717, 1.165) is 30.4 Å². The molecule has 3 rings (SSSR count). The predicted molar refractivity (Wildman–Crippen MR) is 105 cm³/mol. The minimum atomic E-state index is -0.505. The van der Waals surface area contributed by atoms with Crippen molar-refractivity contribution in [3.63, 3.8) is 0 Å². The summed E-state index contributed by atoms with van der Waals surface area (Å²) < 4.78 is 16.1. The van der Waals surface area contributed by atoms with Crippen molar-refractivity contribution in [3.05, 3.63) is 52.5 Å². The molecule has 2 aromatic carbocycles. The smallest absolute Gasteiger partial charge is 0.230 e. The summed E-state index contributed by atoms with van der Waals surface area (Å²) in [5.74, 6) is 1.82. The molecular formula is C21H24ClNO4. The Morgan fingerprint density at radius 3 is 2.26 bits per heavy atom. The van der Waals surface area contributed by atoms with Crippen LogP contribution in [0.5, 0.6) is 17.2 Å². The van der Waals surface area contributed by atoms with E-state index in [1.54, 1.807) is 27.4 Å². The zero-order valence-electron chi connectivity index (χ0n) is 15.8. The lowest BCUT2D eigenvalue weighted by Crippen LogP contribution is -2.49. The van der Waals surface area contributed by atoms with Crippen molar-refractivity contribution in [2.45, 2.75) is 31.2 Å². The lowest BCUT2D eigenvalue weighted by Gasteiger charge is -2.40. The first-order chi connectivity index (χ1) is 13.0. The molecule has 0 aliphatic heterocycles. The van der Waals surface area contributed by atoms with Crippen LogP contribution in [0.2, 0.25) is 5.02 Å². The van der Waals surface area contributed by atoms with Crippen molar-refractivity contribution < 1.29 is 19.0 Å². The molecule has 0 spiro atoms. The first kappa shape index (κ1) is 19.4. The van der Waals surface area contributed by atoms with Crippen molar-refractivity contribution in [2.24, 2.45) is 0 Å². The van der Waals surface area contributed by atoms with E-state index in [0.29, 0.717) is 28.8 Å². The summed E-state index contributed by atoms with van der Waals surface area (Å²) in [5, 5.41) is 3.71. The van der Waals surface area contributed by atoms with Gasteiger partial charge in [0.1, 0.15) is 5.75 Å². The third-order valence-corrected chi connectivity index (χ3v) is 5.48. The van der Waals surface area contributed by atoms with Gasteiger partial charge in [-0.1, -0.05) is 30.2 Å². The van der Waals surface area contributed by atoms with Crippen LogP contribution in [0.25, 0.3) is 0 Å². The molecule has 0 unspecified atom stereocenters. The van der Waals surface area contributed by atoms with E-state index in [-0.39, 0.29) is 5.91 Å². The van der Waals surface area contributed by atoms with Gasteiger partial charge in [-0.3, -0.25) is 4.79 Å². The zero-order valence-corrected chi connectivity index (χ0v) is 16.6. The predicted octanol–water partition coefficient (Wildman–Crippen LogP) is 4.10. The van der Waals surface area contributed by atoms with Gasteiger partial charge in [-0.15, -0.1) is 0 Å². The number of halogens is 1. The third-order valence-electron chi connectivity index (χ3n) is 5.24. The Morgan fingerprint density at radius 1 is 1.04 bits per heavy atom. The molecule has 1 saturated carbocycles. The molecule has 0 heterocycles. The standard InChI is InChI=1S/C21H24ClNO4/c1-25-17-12-19(27-3)18(26-2)10-14(17)13-23-20(24)21(8-5-9-21)15-6-4-7-16(22)11-15/h4,6-7,10-12H,5,8-9,13H2,1-3H3,(H,23,24). The fourth-order valence-electron chi connectivity index (χ4n) is 3.54. The van der Waals surface area contributed by atoms with Gasteiger partial charge < -0.3 is 19.5 Å². The largest absolute Gasteiger partial charge is 0.496 e. The highest BCUT2D eigenvalue weighted by atomic mass is 35.5. The molecule has 6 heteroatoms. The van der Waals surface area contributed by atoms with Gasteiger partial charge in [0.05, 0.1) is 26.7 Å².